The van der Waals surface area contributed by atoms with E-state index in [2.05, 4.69) is 29.1 Å². The Morgan fingerprint density at radius 3 is 2.48 bits per heavy atom. The molecule has 2 aromatic heterocycles. The van der Waals surface area contributed by atoms with Crippen molar-refractivity contribution >= 4 is 11.7 Å². The van der Waals surface area contributed by atoms with E-state index in [4.69, 9.17) is 4.98 Å². The highest BCUT2D eigenvalue weighted by Gasteiger charge is 2.15. The van der Waals surface area contributed by atoms with Gasteiger partial charge < -0.3 is 10.2 Å². The largest absolute Gasteiger partial charge is 0.359 e. The van der Waals surface area contributed by atoms with E-state index < -0.39 is 0 Å². The molecule has 0 saturated carbocycles. The van der Waals surface area contributed by atoms with Crippen LogP contribution in [0, 0.1) is 5.92 Å². The van der Waals surface area contributed by atoms with Gasteiger partial charge in [0.2, 0.25) is 0 Å². The van der Waals surface area contributed by atoms with E-state index in [9.17, 15) is 4.79 Å². The topological polar surface area (TPSA) is 71.0 Å². The Morgan fingerprint density at radius 1 is 1.07 bits per heavy atom. The number of rotatable bonds is 8. The number of hydrogen-bond donors (Lipinski definition) is 1. The number of benzene rings is 1. The Balaban J connectivity index is 1.86. The van der Waals surface area contributed by atoms with E-state index >= 15 is 0 Å². The van der Waals surface area contributed by atoms with Gasteiger partial charge in [-0.3, -0.25) is 9.78 Å². The third-order valence-electron chi connectivity index (χ3n) is 4.52. The van der Waals surface area contributed by atoms with Crippen molar-refractivity contribution in [1.29, 1.82) is 0 Å². The second-order valence-corrected chi connectivity index (χ2v) is 7.43. The molecule has 0 atom stereocenters. The first kappa shape index (κ1) is 20.5. The maximum Gasteiger partial charge on any atom is 0.270 e. The molecule has 0 fully saturated rings. The summed E-state index contributed by atoms with van der Waals surface area (Å²) in [6.07, 6.45) is 4.45. The van der Waals surface area contributed by atoms with Gasteiger partial charge in [0, 0.05) is 44.2 Å². The Bertz CT molecular complexity index is 929. The van der Waals surface area contributed by atoms with Gasteiger partial charge in [0.15, 0.2) is 5.82 Å². The molecule has 150 valence electrons. The minimum absolute atomic E-state index is 0.179. The quantitative estimate of drug-likeness (QED) is 0.637. The monoisotopic (exact) mass is 389 g/mol. The fourth-order valence-electron chi connectivity index (χ4n) is 2.81. The lowest BCUT2D eigenvalue weighted by molar-refractivity contribution is 0.0944. The summed E-state index contributed by atoms with van der Waals surface area (Å²) >= 11 is 0. The van der Waals surface area contributed by atoms with Crippen molar-refractivity contribution in [2.45, 2.75) is 20.3 Å². The predicted octanol–water partition coefficient (Wildman–Crippen LogP) is 3.60. The molecule has 0 unspecified atom stereocenters. The third kappa shape index (κ3) is 5.85. The number of nitrogens with one attached hydrogen (secondary N) is 1. The van der Waals surface area contributed by atoms with Gasteiger partial charge in [-0.1, -0.05) is 44.2 Å². The molecule has 0 radical (unpaired) electrons. The molecule has 3 aromatic rings. The number of hydrogen-bond acceptors (Lipinski definition) is 5. The first-order valence-corrected chi connectivity index (χ1v) is 9.85. The number of carbonyl (C=O) groups is 1. The number of pyridine rings is 1. The summed E-state index contributed by atoms with van der Waals surface area (Å²) in [6, 6.07) is 15.5. The molecule has 29 heavy (non-hydrogen) atoms. The third-order valence-corrected chi connectivity index (χ3v) is 4.52. The highest BCUT2D eigenvalue weighted by atomic mass is 16.1. The minimum Gasteiger partial charge on any atom is -0.359 e. The zero-order valence-corrected chi connectivity index (χ0v) is 17.2. The fourth-order valence-corrected chi connectivity index (χ4v) is 2.81. The highest BCUT2D eigenvalue weighted by Crippen LogP contribution is 2.20. The van der Waals surface area contributed by atoms with Crippen molar-refractivity contribution in [2.24, 2.45) is 5.92 Å². The normalized spacial score (nSPS) is 10.8. The molecule has 6 nitrogen and oxygen atoms in total. The van der Waals surface area contributed by atoms with Crippen LogP contribution in [0.15, 0.2) is 60.9 Å². The minimum atomic E-state index is -0.179. The standard InChI is InChI=1S/C23H27N5O/c1-17(2)16-25-23(29)20-15-21(27-22(26-20)19-7-5-4-6-8-19)28(3)14-11-18-9-12-24-13-10-18/h4-10,12-13,15,17H,11,14,16H2,1-3H3,(H,25,29). The van der Waals surface area contributed by atoms with Crippen molar-refractivity contribution < 1.29 is 4.79 Å². The van der Waals surface area contributed by atoms with Crippen LogP contribution in [-0.4, -0.2) is 41.0 Å². The Morgan fingerprint density at radius 2 is 1.79 bits per heavy atom. The van der Waals surface area contributed by atoms with Gasteiger partial charge in [-0.25, -0.2) is 9.97 Å². The van der Waals surface area contributed by atoms with Crippen molar-refractivity contribution in [2.75, 3.05) is 25.0 Å². The molecular formula is C23H27N5O. The summed E-state index contributed by atoms with van der Waals surface area (Å²) in [5, 5.41) is 2.95. The number of likely N-dealkylation sites (N-methyl/N-ethyl adjacent to an activating group) is 1. The number of anilines is 1. The molecule has 1 aromatic carbocycles. The van der Waals surface area contributed by atoms with Crippen molar-refractivity contribution in [3.63, 3.8) is 0 Å². The zero-order chi connectivity index (χ0) is 20.6. The van der Waals surface area contributed by atoms with E-state index in [1.165, 1.54) is 5.56 Å². The maximum atomic E-state index is 12.7. The van der Waals surface area contributed by atoms with E-state index in [0.29, 0.717) is 24.0 Å². The molecule has 1 amide bonds. The number of nitrogens with zero attached hydrogens (tertiary/aromatic N) is 4. The molecule has 3 rings (SSSR count). The van der Waals surface area contributed by atoms with Gasteiger partial charge >= 0.3 is 0 Å². The molecular weight excluding hydrogens is 362 g/mol. The average molecular weight is 390 g/mol. The molecule has 1 N–H and O–H groups in total. The van der Waals surface area contributed by atoms with Gasteiger partial charge in [-0.2, -0.15) is 0 Å². The van der Waals surface area contributed by atoms with Crippen LogP contribution in [0.1, 0.15) is 29.9 Å². The first-order chi connectivity index (χ1) is 14.0. The van der Waals surface area contributed by atoms with Gasteiger partial charge in [0.1, 0.15) is 11.5 Å². The van der Waals surface area contributed by atoms with Crippen molar-refractivity contribution in [3.05, 3.63) is 72.2 Å². The van der Waals surface area contributed by atoms with Gasteiger partial charge in [-0.05, 0) is 30.0 Å². The number of amides is 1. The maximum absolute atomic E-state index is 12.7. The molecule has 0 aliphatic heterocycles. The van der Waals surface area contributed by atoms with Crippen LogP contribution in [-0.2, 0) is 6.42 Å². The summed E-state index contributed by atoms with van der Waals surface area (Å²) < 4.78 is 0. The van der Waals surface area contributed by atoms with Crippen LogP contribution in [0.25, 0.3) is 11.4 Å². The summed E-state index contributed by atoms with van der Waals surface area (Å²) in [6.45, 7) is 5.50. The Hall–Kier alpha value is -3.28. The highest BCUT2D eigenvalue weighted by molar-refractivity contribution is 5.93. The van der Waals surface area contributed by atoms with E-state index in [1.807, 2.05) is 54.4 Å². The summed E-state index contributed by atoms with van der Waals surface area (Å²) in [7, 11) is 1.98. The molecule has 0 spiro atoms. The second-order valence-electron chi connectivity index (χ2n) is 7.43. The van der Waals surface area contributed by atoms with Gasteiger partial charge in [-0.15, -0.1) is 0 Å². The SMILES string of the molecule is CC(C)CNC(=O)c1cc(N(C)CCc2ccncc2)nc(-c2ccccc2)n1. The fraction of sp³-hybridized carbons (Fsp3) is 0.304. The molecule has 0 aliphatic carbocycles. The van der Waals surface area contributed by atoms with Crippen molar-refractivity contribution in [1.82, 2.24) is 20.3 Å². The average Bonchev–Trinajstić information content (AvgIpc) is 2.76. The van der Waals surface area contributed by atoms with Gasteiger partial charge in [0.05, 0.1) is 0 Å². The van der Waals surface area contributed by atoms with E-state index in [-0.39, 0.29) is 5.91 Å². The van der Waals surface area contributed by atoms with Crippen molar-refractivity contribution in [3.8, 4) is 11.4 Å². The Kier molecular flexibility index (Phi) is 6.89. The predicted molar refractivity (Wildman–Crippen MR) is 116 cm³/mol. The zero-order valence-electron chi connectivity index (χ0n) is 17.2. The van der Waals surface area contributed by atoms with Crippen LogP contribution >= 0.6 is 0 Å². The summed E-state index contributed by atoms with van der Waals surface area (Å²) in [5.74, 6) is 1.47. The molecule has 0 bridgehead atoms. The lowest BCUT2D eigenvalue weighted by Crippen LogP contribution is -2.29. The molecule has 6 heteroatoms. The van der Waals surface area contributed by atoms with E-state index in [0.717, 1.165) is 24.3 Å². The molecule has 0 aliphatic rings. The van der Waals surface area contributed by atoms with E-state index in [1.54, 1.807) is 18.5 Å². The smallest absolute Gasteiger partial charge is 0.270 e. The molecule has 2 heterocycles. The van der Waals surface area contributed by atoms with Crippen LogP contribution in [0.3, 0.4) is 0 Å². The summed E-state index contributed by atoms with van der Waals surface area (Å²) in [5.41, 5.74) is 2.47. The first-order valence-electron chi connectivity index (χ1n) is 9.85. The lowest BCUT2D eigenvalue weighted by atomic mass is 10.2. The van der Waals surface area contributed by atoms with Crippen LogP contribution < -0.4 is 10.2 Å². The Labute approximate surface area is 172 Å². The van der Waals surface area contributed by atoms with Crippen LogP contribution in [0.2, 0.25) is 0 Å². The van der Waals surface area contributed by atoms with Gasteiger partial charge in [0.25, 0.3) is 5.91 Å². The second kappa shape index (κ2) is 9.78. The lowest BCUT2D eigenvalue weighted by Gasteiger charge is -2.20. The summed E-state index contributed by atoms with van der Waals surface area (Å²) in [4.78, 5) is 28.0. The van der Waals surface area contributed by atoms with Crippen LogP contribution in [0.5, 0.6) is 0 Å². The molecule has 0 saturated heterocycles. The number of aromatic nitrogens is 3. The van der Waals surface area contributed by atoms with Crippen LogP contribution in [0.4, 0.5) is 5.82 Å². The number of carbonyl (C=O) groups excluding carboxylic acids is 1.